The van der Waals surface area contributed by atoms with E-state index in [4.69, 9.17) is 0 Å². The van der Waals surface area contributed by atoms with Crippen molar-refractivity contribution < 1.29 is 5.11 Å². The average molecular weight is 463 g/mol. The molecule has 6 aromatic heterocycles. The Hall–Kier alpha value is -4.63. The molecule has 35 heavy (non-hydrogen) atoms. The van der Waals surface area contributed by atoms with E-state index in [2.05, 4.69) is 46.5 Å². The lowest BCUT2D eigenvalue weighted by atomic mass is 10.1. The average Bonchev–Trinajstić information content (AvgIpc) is 3.53. The number of pyridine rings is 4. The summed E-state index contributed by atoms with van der Waals surface area (Å²) in [6, 6.07) is 11.9. The number of fused-ring (bicyclic) bond motifs is 2. The molecule has 6 heterocycles. The number of anilines is 1. The maximum absolute atomic E-state index is 9.93. The molecule has 0 amide bonds. The van der Waals surface area contributed by atoms with Crippen molar-refractivity contribution in [3.8, 4) is 33.8 Å². The van der Waals surface area contributed by atoms with Crippen molar-refractivity contribution in [2.24, 2.45) is 0 Å². The number of aliphatic hydroxyl groups is 1. The van der Waals surface area contributed by atoms with Crippen LogP contribution in [0.25, 0.3) is 55.7 Å². The Morgan fingerprint density at radius 1 is 0.943 bits per heavy atom. The predicted octanol–water partition coefficient (Wildman–Crippen LogP) is 4.77. The third-order valence-corrected chi connectivity index (χ3v) is 5.95. The molecule has 4 N–H and O–H groups in total. The summed E-state index contributed by atoms with van der Waals surface area (Å²) in [5, 5.41) is 22.5. The minimum atomic E-state index is -0.624. The van der Waals surface area contributed by atoms with Gasteiger partial charge in [0.25, 0.3) is 0 Å². The molecule has 0 fully saturated rings. The van der Waals surface area contributed by atoms with Crippen LogP contribution in [0.4, 0.5) is 5.69 Å². The van der Waals surface area contributed by atoms with Crippen LogP contribution in [0.2, 0.25) is 0 Å². The summed E-state index contributed by atoms with van der Waals surface area (Å²) in [7, 11) is 0. The molecular weight excluding hydrogens is 440 g/mol. The number of rotatable bonds is 6. The van der Waals surface area contributed by atoms with E-state index >= 15 is 0 Å². The summed E-state index contributed by atoms with van der Waals surface area (Å²) < 4.78 is 0. The zero-order chi connectivity index (χ0) is 23.8. The molecule has 0 aliphatic carbocycles. The quantitative estimate of drug-likeness (QED) is 0.263. The molecule has 6 rings (SSSR count). The first kappa shape index (κ1) is 20.9. The second-order valence-electron chi connectivity index (χ2n) is 8.27. The zero-order valence-corrected chi connectivity index (χ0v) is 18.9. The molecule has 0 aliphatic rings. The van der Waals surface area contributed by atoms with E-state index < -0.39 is 6.23 Å². The maximum atomic E-state index is 9.93. The van der Waals surface area contributed by atoms with Crippen LogP contribution < -0.4 is 5.32 Å². The van der Waals surface area contributed by atoms with Gasteiger partial charge >= 0.3 is 0 Å². The SMILES string of the molecule is CCC(O)Nc1cncc(-c2cnc3[nH]nc(-c4cc5c(-c6ccccn6)cncc5[nH]4)c3c2)c1. The fourth-order valence-corrected chi connectivity index (χ4v) is 4.14. The Labute approximate surface area is 200 Å². The molecular formula is C26H22N8O. The van der Waals surface area contributed by atoms with E-state index in [1.165, 1.54) is 0 Å². The van der Waals surface area contributed by atoms with Crippen molar-refractivity contribution in [2.45, 2.75) is 19.6 Å². The van der Waals surface area contributed by atoms with Gasteiger partial charge in [0, 0.05) is 52.3 Å². The highest BCUT2D eigenvalue weighted by Crippen LogP contribution is 2.34. The second-order valence-corrected chi connectivity index (χ2v) is 8.27. The Balaban J connectivity index is 1.43. The normalized spacial score (nSPS) is 12.3. The third kappa shape index (κ3) is 3.87. The molecule has 0 spiro atoms. The maximum Gasteiger partial charge on any atom is 0.155 e. The first-order valence-corrected chi connectivity index (χ1v) is 11.3. The highest BCUT2D eigenvalue weighted by molar-refractivity contribution is 6.00. The summed E-state index contributed by atoms with van der Waals surface area (Å²) >= 11 is 0. The number of aromatic amines is 2. The van der Waals surface area contributed by atoms with Crippen molar-refractivity contribution in [2.75, 3.05) is 5.32 Å². The fourth-order valence-electron chi connectivity index (χ4n) is 4.14. The van der Waals surface area contributed by atoms with Gasteiger partial charge in [-0.2, -0.15) is 5.10 Å². The smallest absolute Gasteiger partial charge is 0.155 e. The van der Waals surface area contributed by atoms with Gasteiger partial charge < -0.3 is 15.4 Å². The number of hydrogen-bond donors (Lipinski definition) is 4. The highest BCUT2D eigenvalue weighted by Gasteiger charge is 2.16. The van der Waals surface area contributed by atoms with Crippen LogP contribution in [0.1, 0.15) is 13.3 Å². The first-order valence-electron chi connectivity index (χ1n) is 11.3. The number of hydrogen-bond acceptors (Lipinski definition) is 7. The van der Waals surface area contributed by atoms with Gasteiger partial charge in [-0.1, -0.05) is 13.0 Å². The van der Waals surface area contributed by atoms with Crippen LogP contribution in [-0.2, 0) is 0 Å². The molecule has 9 heteroatoms. The van der Waals surface area contributed by atoms with Crippen molar-refractivity contribution in [1.82, 2.24) is 35.1 Å². The number of H-pyrrole nitrogens is 2. The zero-order valence-electron chi connectivity index (χ0n) is 18.9. The monoisotopic (exact) mass is 462 g/mol. The molecule has 0 radical (unpaired) electrons. The largest absolute Gasteiger partial charge is 0.374 e. The first-order chi connectivity index (χ1) is 17.2. The van der Waals surface area contributed by atoms with Crippen LogP contribution in [0.5, 0.6) is 0 Å². The van der Waals surface area contributed by atoms with E-state index in [0.717, 1.165) is 55.7 Å². The Morgan fingerprint density at radius 2 is 1.83 bits per heavy atom. The minimum absolute atomic E-state index is 0.595. The van der Waals surface area contributed by atoms with E-state index in [-0.39, 0.29) is 0 Å². The Bertz CT molecular complexity index is 1640. The summed E-state index contributed by atoms with van der Waals surface area (Å²) in [4.78, 5) is 21.2. The van der Waals surface area contributed by atoms with Gasteiger partial charge in [0.05, 0.1) is 35.0 Å². The molecule has 0 bridgehead atoms. The van der Waals surface area contributed by atoms with E-state index in [1.807, 2.05) is 43.5 Å². The molecule has 0 saturated carbocycles. The summed E-state index contributed by atoms with van der Waals surface area (Å²) in [5.74, 6) is 0. The topological polar surface area (TPSA) is 128 Å². The summed E-state index contributed by atoms with van der Waals surface area (Å²) in [5.41, 5.74) is 7.56. The van der Waals surface area contributed by atoms with Gasteiger partial charge in [-0.25, -0.2) is 4.98 Å². The van der Waals surface area contributed by atoms with Crippen molar-refractivity contribution in [3.05, 3.63) is 73.6 Å². The number of nitrogens with zero attached hydrogens (tertiary/aromatic N) is 5. The van der Waals surface area contributed by atoms with Gasteiger partial charge in [0.1, 0.15) is 11.9 Å². The summed E-state index contributed by atoms with van der Waals surface area (Å²) in [6.07, 6.45) is 10.6. The minimum Gasteiger partial charge on any atom is -0.374 e. The van der Waals surface area contributed by atoms with Crippen molar-refractivity contribution in [1.29, 1.82) is 0 Å². The van der Waals surface area contributed by atoms with Crippen LogP contribution >= 0.6 is 0 Å². The highest BCUT2D eigenvalue weighted by atomic mass is 16.3. The van der Waals surface area contributed by atoms with E-state index in [0.29, 0.717) is 12.1 Å². The number of aliphatic hydroxyl groups excluding tert-OH is 1. The van der Waals surface area contributed by atoms with Crippen LogP contribution in [0.3, 0.4) is 0 Å². The van der Waals surface area contributed by atoms with Gasteiger partial charge in [-0.15, -0.1) is 0 Å². The van der Waals surface area contributed by atoms with Crippen molar-refractivity contribution >= 4 is 27.6 Å². The third-order valence-electron chi connectivity index (χ3n) is 5.95. The van der Waals surface area contributed by atoms with Gasteiger partial charge in [0.15, 0.2) is 5.65 Å². The molecule has 1 atom stereocenters. The molecule has 6 aromatic rings. The standard InChI is InChI=1S/C26H22N8O/c1-2-24(35)31-17-7-15(10-27-12-17)16-8-19-25(33-34-26(19)30-11-16)22-9-18-20(13-28-14-23(18)32-22)21-5-3-4-6-29-21/h3-14,24,31-32,35H,2H2,1H3,(H,30,33,34). The molecule has 1 unspecified atom stereocenters. The Morgan fingerprint density at radius 3 is 2.69 bits per heavy atom. The van der Waals surface area contributed by atoms with Gasteiger partial charge in [-0.05, 0) is 36.8 Å². The van der Waals surface area contributed by atoms with Gasteiger partial charge in [0.2, 0.25) is 0 Å². The van der Waals surface area contributed by atoms with E-state index in [9.17, 15) is 5.11 Å². The lowest BCUT2D eigenvalue weighted by molar-refractivity contribution is 0.199. The van der Waals surface area contributed by atoms with E-state index in [1.54, 1.807) is 31.0 Å². The molecule has 172 valence electrons. The van der Waals surface area contributed by atoms with Crippen LogP contribution in [-0.4, -0.2) is 46.5 Å². The number of nitrogens with one attached hydrogen (secondary N) is 3. The van der Waals surface area contributed by atoms with Crippen molar-refractivity contribution in [3.63, 3.8) is 0 Å². The molecule has 0 aromatic carbocycles. The lowest BCUT2D eigenvalue weighted by Crippen LogP contribution is -2.16. The van der Waals surface area contributed by atoms with Crippen LogP contribution in [0, 0.1) is 0 Å². The molecule has 0 saturated heterocycles. The summed E-state index contributed by atoms with van der Waals surface area (Å²) in [6.45, 7) is 1.91. The molecule has 0 aliphatic heterocycles. The molecule has 9 nitrogen and oxygen atoms in total. The second kappa shape index (κ2) is 8.62. The van der Waals surface area contributed by atoms with Crippen LogP contribution in [0.15, 0.2) is 73.6 Å². The Kier molecular flexibility index (Phi) is 5.16. The number of aromatic nitrogens is 7. The predicted molar refractivity (Wildman–Crippen MR) is 135 cm³/mol. The lowest BCUT2D eigenvalue weighted by Gasteiger charge is -2.12. The van der Waals surface area contributed by atoms with Gasteiger partial charge in [-0.3, -0.25) is 20.1 Å². The fraction of sp³-hybridized carbons (Fsp3) is 0.115.